The molecule has 30 heavy (non-hydrogen) atoms. The van der Waals surface area contributed by atoms with E-state index in [1.165, 1.54) is 23.9 Å². The number of carbonyl (C=O) groups is 1. The number of hydrogen-bond acceptors (Lipinski definition) is 8. The molecule has 3 rings (SSSR count). The number of methoxy groups -OCH3 is 1. The minimum Gasteiger partial charge on any atom is -0.495 e. The van der Waals surface area contributed by atoms with Crippen molar-refractivity contribution in [2.24, 2.45) is 0 Å². The van der Waals surface area contributed by atoms with Crippen LogP contribution in [0.3, 0.4) is 0 Å². The lowest BCUT2D eigenvalue weighted by molar-refractivity contribution is -0.115. The molecule has 1 atom stereocenters. The number of ether oxygens (including phenoxy) is 1. The summed E-state index contributed by atoms with van der Waals surface area (Å²) in [5, 5.41) is 5.17. The number of nitrogens with zero attached hydrogens (tertiary/aromatic N) is 3. The number of aromatic nitrogens is 3. The standard InChI is InChI=1S/C20H21FN6O2S/c1-12(18(28)23-14-8-4-3-7-13(14)21)30-11-17-25-19(22)27-20(26-17)24-15-9-5-6-10-16(15)29-2/h3-10,12H,11H2,1-2H3,(H,23,28)(H3,22,24,25,26,27). The average molecular weight is 428 g/mol. The Morgan fingerprint density at radius 1 is 1.13 bits per heavy atom. The Bertz CT molecular complexity index is 1040. The molecule has 1 aromatic heterocycles. The topological polar surface area (TPSA) is 115 Å². The third kappa shape index (κ3) is 5.57. The van der Waals surface area contributed by atoms with Gasteiger partial charge < -0.3 is 21.1 Å². The van der Waals surface area contributed by atoms with E-state index in [1.807, 2.05) is 18.2 Å². The number of thioether (sulfide) groups is 1. The molecule has 0 radical (unpaired) electrons. The second kappa shape index (κ2) is 9.88. The van der Waals surface area contributed by atoms with Crippen LogP contribution >= 0.6 is 11.8 Å². The lowest BCUT2D eigenvalue weighted by atomic mass is 10.3. The molecule has 1 unspecified atom stereocenters. The van der Waals surface area contributed by atoms with Crippen LogP contribution in [0.25, 0.3) is 0 Å². The lowest BCUT2D eigenvalue weighted by Gasteiger charge is -2.13. The smallest absolute Gasteiger partial charge is 0.237 e. The number of nitrogens with one attached hydrogen (secondary N) is 2. The fourth-order valence-corrected chi connectivity index (χ4v) is 3.24. The molecule has 0 aliphatic rings. The van der Waals surface area contributed by atoms with Crippen molar-refractivity contribution in [3.63, 3.8) is 0 Å². The highest BCUT2D eigenvalue weighted by molar-refractivity contribution is 7.99. The number of nitrogens with two attached hydrogens (primary N) is 1. The van der Waals surface area contributed by atoms with Gasteiger partial charge in [0.2, 0.25) is 17.8 Å². The van der Waals surface area contributed by atoms with Crippen molar-refractivity contribution < 1.29 is 13.9 Å². The summed E-state index contributed by atoms with van der Waals surface area (Å²) in [6, 6.07) is 13.3. The monoisotopic (exact) mass is 428 g/mol. The zero-order valence-corrected chi connectivity index (χ0v) is 17.2. The van der Waals surface area contributed by atoms with Crippen LogP contribution in [0.5, 0.6) is 5.75 Å². The molecule has 0 aliphatic carbocycles. The van der Waals surface area contributed by atoms with Gasteiger partial charge in [0.05, 0.1) is 29.5 Å². The molecule has 4 N–H and O–H groups in total. The van der Waals surface area contributed by atoms with Crippen LogP contribution < -0.4 is 21.1 Å². The first-order chi connectivity index (χ1) is 14.5. The minimum absolute atomic E-state index is 0.0569. The second-order valence-electron chi connectivity index (χ2n) is 6.18. The van der Waals surface area contributed by atoms with E-state index in [-0.39, 0.29) is 23.5 Å². The third-order valence-electron chi connectivity index (χ3n) is 4.02. The molecule has 0 saturated heterocycles. The highest BCUT2D eigenvalue weighted by Crippen LogP contribution is 2.26. The molecule has 0 saturated carbocycles. The number of benzene rings is 2. The van der Waals surface area contributed by atoms with Gasteiger partial charge in [-0.2, -0.15) is 15.0 Å². The predicted octanol–water partition coefficient (Wildman–Crippen LogP) is 3.61. The summed E-state index contributed by atoms with van der Waals surface area (Å²) in [6.07, 6.45) is 0. The van der Waals surface area contributed by atoms with E-state index < -0.39 is 11.1 Å². The van der Waals surface area contributed by atoms with Gasteiger partial charge in [-0.25, -0.2) is 4.39 Å². The SMILES string of the molecule is COc1ccccc1Nc1nc(N)nc(CSC(C)C(=O)Nc2ccccc2F)n1. The van der Waals surface area contributed by atoms with E-state index >= 15 is 0 Å². The highest BCUT2D eigenvalue weighted by atomic mass is 32.2. The first kappa shape index (κ1) is 21.3. The van der Waals surface area contributed by atoms with Gasteiger partial charge in [-0.3, -0.25) is 4.79 Å². The minimum atomic E-state index is -0.486. The van der Waals surface area contributed by atoms with E-state index in [0.29, 0.717) is 23.0 Å². The Labute approximate surface area is 177 Å². The van der Waals surface area contributed by atoms with Crippen LogP contribution in [-0.4, -0.2) is 33.2 Å². The van der Waals surface area contributed by atoms with Gasteiger partial charge in [0, 0.05) is 0 Å². The summed E-state index contributed by atoms with van der Waals surface area (Å²) in [4.78, 5) is 24.9. The molecule has 0 spiro atoms. The summed E-state index contributed by atoms with van der Waals surface area (Å²) < 4.78 is 19.0. The van der Waals surface area contributed by atoms with Crippen molar-refractivity contribution in [2.45, 2.75) is 17.9 Å². The Kier molecular flexibility index (Phi) is 7.02. The zero-order valence-electron chi connectivity index (χ0n) is 16.4. The quantitative estimate of drug-likeness (QED) is 0.498. The van der Waals surface area contributed by atoms with Crippen LogP contribution in [-0.2, 0) is 10.5 Å². The number of para-hydroxylation sites is 3. The van der Waals surface area contributed by atoms with Gasteiger partial charge in [-0.15, -0.1) is 11.8 Å². The maximum atomic E-state index is 13.7. The fourth-order valence-electron chi connectivity index (χ4n) is 2.50. The largest absolute Gasteiger partial charge is 0.495 e. The van der Waals surface area contributed by atoms with Crippen LogP contribution in [0.1, 0.15) is 12.7 Å². The zero-order chi connectivity index (χ0) is 21.5. The lowest BCUT2D eigenvalue weighted by Crippen LogP contribution is -2.23. The first-order valence-corrected chi connectivity index (χ1v) is 10.1. The van der Waals surface area contributed by atoms with Crippen LogP contribution in [0.4, 0.5) is 27.7 Å². The average Bonchev–Trinajstić information content (AvgIpc) is 2.73. The summed E-state index contributed by atoms with van der Waals surface area (Å²) in [5.41, 5.74) is 6.63. The van der Waals surface area contributed by atoms with E-state index in [1.54, 1.807) is 32.2 Å². The summed E-state index contributed by atoms with van der Waals surface area (Å²) in [6.45, 7) is 1.72. The highest BCUT2D eigenvalue weighted by Gasteiger charge is 2.17. The van der Waals surface area contributed by atoms with Crippen molar-refractivity contribution in [1.29, 1.82) is 0 Å². The molecule has 3 aromatic rings. The Morgan fingerprint density at radius 2 is 1.83 bits per heavy atom. The van der Waals surface area contributed by atoms with Crippen LogP contribution in [0.15, 0.2) is 48.5 Å². The summed E-state index contributed by atoms with van der Waals surface area (Å²) >= 11 is 1.30. The molecule has 156 valence electrons. The molecule has 0 fully saturated rings. The molecular weight excluding hydrogens is 407 g/mol. The molecule has 2 aromatic carbocycles. The van der Waals surface area contributed by atoms with Gasteiger partial charge in [0.25, 0.3) is 0 Å². The third-order valence-corrected chi connectivity index (χ3v) is 5.15. The molecule has 1 amide bonds. The molecule has 0 aliphatic heterocycles. The van der Waals surface area contributed by atoms with E-state index in [0.717, 1.165) is 0 Å². The molecular formula is C20H21FN6O2S. The Balaban J connectivity index is 1.64. The molecule has 0 bridgehead atoms. The number of hydrogen-bond donors (Lipinski definition) is 3. The summed E-state index contributed by atoms with van der Waals surface area (Å²) in [5.74, 6) is 0.882. The molecule has 8 nitrogen and oxygen atoms in total. The van der Waals surface area contributed by atoms with Crippen LogP contribution in [0.2, 0.25) is 0 Å². The Morgan fingerprint density at radius 3 is 2.57 bits per heavy atom. The Hall–Kier alpha value is -3.40. The number of nitrogen functional groups attached to an aromatic ring is 1. The summed E-state index contributed by atoms with van der Waals surface area (Å²) in [7, 11) is 1.57. The number of anilines is 4. The maximum Gasteiger partial charge on any atom is 0.237 e. The number of carbonyl (C=O) groups excluding carboxylic acids is 1. The van der Waals surface area contributed by atoms with Crippen molar-refractivity contribution >= 4 is 40.9 Å². The first-order valence-electron chi connectivity index (χ1n) is 9.03. The van der Waals surface area contributed by atoms with Crippen molar-refractivity contribution in [1.82, 2.24) is 15.0 Å². The van der Waals surface area contributed by atoms with E-state index in [9.17, 15) is 9.18 Å². The number of halogens is 1. The van der Waals surface area contributed by atoms with Gasteiger partial charge in [0.1, 0.15) is 17.4 Å². The van der Waals surface area contributed by atoms with Gasteiger partial charge in [-0.05, 0) is 31.2 Å². The van der Waals surface area contributed by atoms with Crippen LogP contribution in [0, 0.1) is 5.82 Å². The van der Waals surface area contributed by atoms with Crippen molar-refractivity contribution in [2.75, 3.05) is 23.5 Å². The molecule has 1 heterocycles. The van der Waals surface area contributed by atoms with Crippen molar-refractivity contribution in [3.05, 3.63) is 60.2 Å². The van der Waals surface area contributed by atoms with E-state index in [4.69, 9.17) is 10.5 Å². The van der Waals surface area contributed by atoms with E-state index in [2.05, 4.69) is 25.6 Å². The fraction of sp³-hybridized carbons (Fsp3) is 0.200. The normalized spacial score (nSPS) is 11.6. The molecule has 10 heteroatoms. The van der Waals surface area contributed by atoms with Crippen molar-refractivity contribution in [3.8, 4) is 5.75 Å². The van der Waals surface area contributed by atoms with Gasteiger partial charge in [-0.1, -0.05) is 24.3 Å². The maximum absolute atomic E-state index is 13.7. The van der Waals surface area contributed by atoms with Gasteiger partial charge >= 0.3 is 0 Å². The number of amides is 1. The number of rotatable bonds is 8. The predicted molar refractivity (Wildman–Crippen MR) is 116 cm³/mol. The second-order valence-corrected chi connectivity index (χ2v) is 7.51. The van der Waals surface area contributed by atoms with Gasteiger partial charge in [0.15, 0.2) is 0 Å².